The highest BCUT2D eigenvalue weighted by molar-refractivity contribution is 7.47. The lowest BCUT2D eigenvalue weighted by Gasteiger charge is -2.24. The van der Waals surface area contributed by atoms with Crippen molar-refractivity contribution in [2.24, 2.45) is 0 Å². The molecule has 0 fully saturated rings. The Hall–Kier alpha value is -1.54. The quantitative estimate of drug-likeness (QED) is 0.0242. The number of esters is 1. The molecule has 9 heteroatoms. The number of hydrogen-bond acceptors (Lipinski definition) is 6. The molecule has 0 heterocycles. The second kappa shape index (κ2) is 31.7. The van der Waals surface area contributed by atoms with Gasteiger partial charge in [-0.05, 0) is 51.4 Å². The van der Waals surface area contributed by atoms with E-state index in [1.54, 1.807) is 0 Å². The Bertz CT molecular complexity index is 895. The molecule has 0 aromatic rings. The van der Waals surface area contributed by atoms with Crippen molar-refractivity contribution in [3.63, 3.8) is 0 Å². The summed E-state index contributed by atoms with van der Waals surface area (Å²) in [4.78, 5) is 22.3. The van der Waals surface area contributed by atoms with Crippen LogP contribution in [-0.2, 0) is 27.9 Å². The van der Waals surface area contributed by atoms with Crippen LogP contribution in [-0.4, -0.2) is 75.6 Å². The third kappa shape index (κ3) is 35.6. The van der Waals surface area contributed by atoms with Crippen molar-refractivity contribution >= 4 is 13.8 Å². The molecular weight excluding hydrogens is 613 g/mol. The average Bonchev–Trinajstić information content (AvgIpc) is 3.01. The maximum absolute atomic E-state index is 12.3. The molecule has 0 saturated heterocycles. The van der Waals surface area contributed by atoms with Gasteiger partial charge in [0.25, 0.3) is 0 Å². The third-order valence-corrected chi connectivity index (χ3v) is 8.39. The molecule has 0 spiro atoms. The van der Waals surface area contributed by atoms with Crippen LogP contribution in [0.5, 0.6) is 0 Å². The first-order chi connectivity index (χ1) is 22.6. The van der Waals surface area contributed by atoms with Gasteiger partial charge in [0.05, 0.1) is 34.4 Å². The first-order valence-corrected chi connectivity index (χ1v) is 19.9. The second-order valence-electron chi connectivity index (χ2n) is 13.2. The Labute approximate surface area is 288 Å². The standard InChI is InChI=1S/C38H70NO7P/c1-6-8-10-11-12-13-14-15-16-17-18-19-20-21-22-23-24-25-26-27-28-30-33-43-35-37(46-38(40)31-29-9-7-2)36-45-47(41,42)44-34-32-39(3,4)5/h8,10,12-13,15-16,18-19,37H,6-7,9,11,14,17,20-36H2,1-5H3/p+1/b10-8-,13-12-,16-15-,19-18-. The van der Waals surface area contributed by atoms with E-state index in [0.29, 0.717) is 24.1 Å². The van der Waals surface area contributed by atoms with Gasteiger partial charge in [-0.1, -0.05) is 120 Å². The maximum Gasteiger partial charge on any atom is 0.472 e. The summed E-state index contributed by atoms with van der Waals surface area (Å²) < 4.78 is 34.4. The van der Waals surface area contributed by atoms with Crippen LogP contribution in [0, 0.1) is 0 Å². The van der Waals surface area contributed by atoms with E-state index in [-0.39, 0.29) is 25.8 Å². The van der Waals surface area contributed by atoms with Crippen molar-refractivity contribution in [3.05, 3.63) is 48.6 Å². The Morgan fingerprint density at radius 2 is 1.23 bits per heavy atom. The minimum atomic E-state index is -4.25. The molecule has 2 unspecified atom stereocenters. The Balaban J connectivity index is 3.96. The van der Waals surface area contributed by atoms with E-state index >= 15 is 0 Å². The summed E-state index contributed by atoms with van der Waals surface area (Å²) in [6.45, 7) is 5.30. The lowest BCUT2D eigenvalue weighted by Crippen LogP contribution is -2.37. The minimum Gasteiger partial charge on any atom is -0.457 e. The first-order valence-electron chi connectivity index (χ1n) is 18.4. The second-order valence-corrected chi connectivity index (χ2v) is 14.7. The smallest absolute Gasteiger partial charge is 0.457 e. The van der Waals surface area contributed by atoms with Crippen LogP contribution >= 0.6 is 7.82 Å². The number of carbonyl (C=O) groups excluding carboxylic acids is 1. The largest absolute Gasteiger partial charge is 0.472 e. The summed E-state index contributed by atoms with van der Waals surface area (Å²) in [7, 11) is 1.65. The fourth-order valence-electron chi connectivity index (χ4n) is 4.54. The van der Waals surface area contributed by atoms with Gasteiger partial charge >= 0.3 is 13.8 Å². The van der Waals surface area contributed by atoms with Crippen molar-refractivity contribution in [3.8, 4) is 0 Å². The zero-order valence-electron chi connectivity index (χ0n) is 30.8. The van der Waals surface area contributed by atoms with Gasteiger partial charge in [0, 0.05) is 13.0 Å². The van der Waals surface area contributed by atoms with Crippen LogP contribution in [0.15, 0.2) is 48.6 Å². The molecule has 1 N–H and O–H groups in total. The van der Waals surface area contributed by atoms with Gasteiger partial charge in [0.1, 0.15) is 19.3 Å². The predicted octanol–water partition coefficient (Wildman–Crippen LogP) is 10.0. The number of allylic oxidation sites excluding steroid dienone is 8. The van der Waals surface area contributed by atoms with Gasteiger partial charge in [-0.25, -0.2) is 4.57 Å². The van der Waals surface area contributed by atoms with E-state index < -0.39 is 13.9 Å². The lowest BCUT2D eigenvalue weighted by molar-refractivity contribution is -0.870. The van der Waals surface area contributed by atoms with E-state index in [0.717, 1.165) is 57.8 Å². The highest BCUT2D eigenvalue weighted by Crippen LogP contribution is 2.43. The summed E-state index contributed by atoms with van der Waals surface area (Å²) >= 11 is 0. The van der Waals surface area contributed by atoms with Crippen molar-refractivity contribution < 1.29 is 37.3 Å². The van der Waals surface area contributed by atoms with Crippen LogP contribution < -0.4 is 0 Å². The van der Waals surface area contributed by atoms with E-state index in [1.165, 1.54) is 51.4 Å². The van der Waals surface area contributed by atoms with Crippen LogP contribution in [0.4, 0.5) is 0 Å². The number of quaternary nitrogens is 1. The topological polar surface area (TPSA) is 91.3 Å². The molecular formula is C38H71NO7P+. The maximum atomic E-state index is 12.3. The molecule has 0 saturated carbocycles. The third-order valence-electron chi connectivity index (χ3n) is 7.40. The normalized spacial score (nSPS) is 14.6. The van der Waals surface area contributed by atoms with Gasteiger partial charge in [-0.15, -0.1) is 0 Å². The molecule has 0 rings (SSSR count). The first kappa shape index (κ1) is 45.5. The number of phosphoric ester groups is 1. The number of unbranched alkanes of at least 4 members (excludes halogenated alkanes) is 11. The van der Waals surface area contributed by atoms with Gasteiger partial charge in [0.15, 0.2) is 0 Å². The SMILES string of the molecule is CC/C=C\C/C=C\C/C=C\C/C=C\CCCCCCCCCCCOCC(COP(=O)(O)OCC[N+](C)(C)C)OC(=O)CCCCC. The molecule has 0 radical (unpaired) electrons. The highest BCUT2D eigenvalue weighted by atomic mass is 31.2. The molecule has 274 valence electrons. The number of hydrogen-bond donors (Lipinski definition) is 1. The molecule has 0 aliphatic rings. The number of phosphoric acid groups is 1. The van der Waals surface area contributed by atoms with Crippen molar-refractivity contribution in [1.82, 2.24) is 0 Å². The summed E-state index contributed by atoms with van der Waals surface area (Å²) in [6, 6.07) is 0. The molecule has 0 bridgehead atoms. The minimum absolute atomic E-state index is 0.0852. The Morgan fingerprint density at radius 3 is 1.81 bits per heavy atom. The number of nitrogens with zero attached hydrogens (tertiary/aromatic N) is 1. The van der Waals surface area contributed by atoms with Crippen LogP contribution in [0.1, 0.15) is 129 Å². The van der Waals surface area contributed by atoms with Gasteiger partial charge < -0.3 is 18.9 Å². The Morgan fingerprint density at radius 1 is 0.681 bits per heavy atom. The monoisotopic (exact) mass is 684 g/mol. The molecule has 0 aromatic heterocycles. The zero-order chi connectivity index (χ0) is 34.9. The molecule has 0 amide bonds. The van der Waals surface area contributed by atoms with E-state index in [1.807, 2.05) is 21.1 Å². The summed E-state index contributed by atoms with van der Waals surface area (Å²) in [5, 5.41) is 0. The number of rotatable bonds is 33. The molecule has 0 aliphatic carbocycles. The van der Waals surface area contributed by atoms with Crippen molar-refractivity contribution in [1.29, 1.82) is 0 Å². The van der Waals surface area contributed by atoms with Crippen molar-refractivity contribution in [2.45, 2.75) is 136 Å². The average molecular weight is 685 g/mol. The summed E-state index contributed by atoms with van der Waals surface area (Å²) in [5.74, 6) is -0.343. The fourth-order valence-corrected chi connectivity index (χ4v) is 5.28. The molecule has 8 nitrogen and oxygen atoms in total. The summed E-state index contributed by atoms with van der Waals surface area (Å²) in [5.41, 5.74) is 0. The number of ether oxygens (including phenoxy) is 2. The van der Waals surface area contributed by atoms with E-state index in [2.05, 4.69) is 62.5 Å². The van der Waals surface area contributed by atoms with E-state index in [4.69, 9.17) is 18.5 Å². The molecule has 0 aromatic carbocycles. The fraction of sp³-hybridized carbons (Fsp3) is 0.763. The van der Waals surface area contributed by atoms with Crippen LogP contribution in [0.25, 0.3) is 0 Å². The molecule has 47 heavy (non-hydrogen) atoms. The molecule has 0 aliphatic heterocycles. The Kier molecular flexibility index (Phi) is 30.7. The van der Waals surface area contributed by atoms with Crippen molar-refractivity contribution in [2.75, 3.05) is 54.1 Å². The number of carbonyl (C=O) groups is 1. The predicted molar refractivity (Wildman–Crippen MR) is 196 cm³/mol. The number of likely N-dealkylation sites (N-methyl/N-ethyl adjacent to an activating group) is 1. The zero-order valence-corrected chi connectivity index (χ0v) is 31.6. The highest BCUT2D eigenvalue weighted by Gasteiger charge is 2.26. The van der Waals surface area contributed by atoms with Crippen LogP contribution in [0.3, 0.4) is 0 Å². The van der Waals surface area contributed by atoms with Gasteiger partial charge in [-0.3, -0.25) is 13.8 Å². The molecule has 2 atom stereocenters. The summed E-state index contributed by atoms with van der Waals surface area (Å²) in [6.07, 6.45) is 36.5. The van der Waals surface area contributed by atoms with Gasteiger partial charge in [-0.2, -0.15) is 0 Å². The van der Waals surface area contributed by atoms with Gasteiger partial charge in [0.2, 0.25) is 0 Å². The van der Waals surface area contributed by atoms with E-state index in [9.17, 15) is 14.3 Å². The lowest BCUT2D eigenvalue weighted by atomic mass is 10.1. The van der Waals surface area contributed by atoms with Crippen LogP contribution in [0.2, 0.25) is 0 Å².